The molecule has 1 fully saturated rings. The first-order chi connectivity index (χ1) is 15.2. The highest BCUT2D eigenvalue weighted by atomic mass is 35.5. The first-order valence-electron chi connectivity index (χ1n) is 10.1. The van der Waals surface area contributed by atoms with E-state index in [1.54, 1.807) is 17.0 Å². The molecule has 32 heavy (non-hydrogen) atoms. The number of amides is 2. The minimum absolute atomic E-state index is 0.0237. The van der Waals surface area contributed by atoms with Gasteiger partial charge in [-0.1, -0.05) is 23.2 Å². The third-order valence-corrected chi connectivity index (χ3v) is 7.07. The number of anilines is 1. The van der Waals surface area contributed by atoms with Crippen LogP contribution < -0.4 is 10.0 Å². The van der Waals surface area contributed by atoms with Gasteiger partial charge in [-0.2, -0.15) is 0 Å². The quantitative estimate of drug-likeness (QED) is 0.611. The summed E-state index contributed by atoms with van der Waals surface area (Å²) in [5, 5.41) is 3.07. The van der Waals surface area contributed by atoms with Crippen LogP contribution in [0.25, 0.3) is 0 Å². The average molecular weight is 499 g/mol. The van der Waals surface area contributed by atoms with Gasteiger partial charge in [-0.15, -0.1) is 0 Å². The molecule has 0 unspecified atom stereocenters. The Bertz CT molecular complexity index is 1090. The van der Waals surface area contributed by atoms with E-state index in [9.17, 15) is 18.0 Å². The zero-order valence-corrected chi connectivity index (χ0v) is 19.8. The van der Waals surface area contributed by atoms with Crippen molar-refractivity contribution in [2.75, 3.05) is 44.0 Å². The minimum Gasteiger partial charge on any atom is -0.355 e. The highest BCUT2D eigenvalue weighted by Gasteiger charge is 2.24. The zero-order valence-electron chi connectivity index (χ0n) is 17.5. The number of rotatable bonds is 7. The second kappa shape index (κ2) is 10.5. The molecule has 2 aromatic carbocycles. The van der Waals surface area contributed by atoms with Crippen molar-refractivity contribution in [3.05, 3.63) is 58.1 Å². The summed E-state index contributed by atoms with van der Waals surface area (Å²) >= 11 is 11.9. The highest BCUT2D eigenvalue weighted by molar-refractivity contribution is 7.92. The van der Waals surface area contributed by atoms with Crippen molar-refractivity contribution in [1.82, 2.24) is 15.1 Å². The normalized spacial score (nSPS) is 14.8. The van der Waals surface area contributed by atoms with Gasteiger partial charge in [0.1, 0.15) is 4.90 Å². The largest absolute Gasteiger partial charge is 0.355 e. The maximum atomic E-state index is 12.8. The number of carbonyl (C=O) groups is 2. The van der Waals surface area contributed by atoms with Gasteiger partial charge in [-0.3, -0.25) is 19.2 Å². The van der Waals surface area contributed by atoms with E-state index in [4.69, 9.17) is 23.2 Å². The molecule has 0 bridgehead atoms. The third-order valence-electron chi connectivity index (χ3n) is 4.97. The Morgan fingerprint density at radius 2 is 1.66 bits per heavy atom. The number of hydrogen-bond donors (Lipinski definition) is 2. The topological polar surface area (TPSA) is 98.8 Å². The molecule has 2 aromatic rings. The summed E-state index contributed by atoms with van der Waals surface area (Å²) in [6.07, 6.45) is 0. The van der Waals surface area contributed by atoms with Crippen molar-refractivity contribution in [2.24, 2.45) is 0 Å². The van der Waals surface area contributed by atoms with Crippen LogP contribution in [0.15, 0.2) is 47.4 Å². The van der Waals surface area contributed by atoms with Crippen molar-refractivity contribution in [1.29, 1.82) is 0 Å². The molecule has 3 rings (SSSR count). The van der Waals surface area contributed by atoms with Crippen LogP contribution in [0.2, 0.25) is 10.0 Å². The summed E-state index contributed by atoms with van der Waals surface area (Å²) < 4.78 is 27.7. The number of sulfonamides is 1. The number of nitrogens with zero attached hydrogens (tertiary/aromatic N) is 2. The molecular formula is C21H24Cl2N4O4S. The standard InChI is InChI=1S/C21H24Cl2N4O4S/c1-2-24-20(28)14-26-9-11-27(12-10-26)21(29)15-3-6-17(7-4-15)25-32(30,31)19-13-16(22)5-8-18(19)23/h3-8,13,25H,2,9-12,14H2,1H3,(H,24,28). The molecule has 11 heteroatoms. The number of nitrogens with one attached hydrogen (secondary N) is 2. The van der Waals surface area contributed by atoms with E-state index in [1.807, 2.05) is 11.8 Å². The van der Waals surface area contributed by atoms with Gasteiger partial charge < -0.3 is 10.2 Å². The fourth-order valence-electron chi connectivity index (χ4n) is 3.32. The Morgan fingerprint density at radius 1 is 1.00 bits per heavy atom. The van der Waals surface area contributed by atoms with Gasteiger partial charge in [-0.05, 0) is 49.4 Å². The second-order valence-electron chi connectivity index (χ2n) is 7.28. The van der Waals surface area contributed by atoms with Crippen LogP contribution in [0.4, 0.5) is 5.69 Å². The van der Waals surface area contributed by atoms with Crippen LogP contribution >= 0.6 is 23.2 Å². The zero-order chi connectivity index (χ0) is 23.3. The Balaban J connectivity index is 1.60. The van der Waals surface area contributed by atoms with Gasteiger partial charge in [-0.25, -0.2) is 8.42 Å². The van der Waals surface area contributed by atoms with Gasteiger partial charge in [0.25, 0.3) is 15.9 Å². The van der Waals surface area contributed by atoms with Crippen LogP contribution in [0.3, 0.4) is 0 Å². The number of likely N-dealkylation sites (N-methyl/N-ethyl adjacent to an activating group) is 1. The molecule has 1 aliphatic rings. The number of benzene rings is 2. The molecule has 0 saturated carbocycles. The fraction of sp³-hybridized carbons (Fsp3) is 0.333. The summed E-state index contributed by atoms with van der Waals surface area (Å²) in [4.78, 5) is 28.1. The van der Waals surface area contributed by atoms with Crippen LogP contribution in [-0.4, -0.2) is 69.3 Å². The van der Waals surface area contributed by atoms with Crippen molar-refractivity contribution in [2.45, 2.75) is 11.8 Å². The lowest BCUT2D eigenvalue weighted by Crippen LogP contribution is -2.51. The molecule has 1 saturated heterocycles. The molecule has 172 valence electrons. The minimum atomic E-state index is -3.94. The van der Waals surface area contributed by atoms with Crippen molar-refractivity contribution in [3.8, 4) is 0 Å². The van der Waals surface area contributed by atoms with E-state index in [0.717, 1.165) is 0 Å². The Morgan fingerprint density at radius 3 is 2.28 bits per heavy atom. The predicted molar refractivity (Wildman–Crippen MR) is 125 cm³/mol. The van der Waals surface area contributed by atoms with Crippen LogP contribution in [0, 0.1) is 0 Å². The molecule has 0 aliphatic carbocycles. The summed E-state index contributed by atoms with van der Waals surface area (Å²) in [7, 11) is -3.94. The average Bonchev–Trinajstić information content (AvgIpc) is 2.76. The van der Waals surface area contributed by atoms with E-state index in [0.29, 0.717) is 50.5 Å². The maximum absolute atomic E-state index is 12.8. The molecule has 1 heterocycles. The molecular weight excluding hydrogens is 475 g/mol. The van der Waals surface area contributed by atoms with Crippen LogP contribution in [-0.2, 0) is 14.8 Å². The Hall–Kier alpha value is -2.33. The van der Waals surface area contributed by atoms with E-state index in [-0.39, 0.29) is 26.8 Å². The summed E-state index contributed by atoms with van der Waals surface area (Å²) in [6, 6.07) is 10.4. The van der Waals surface area contributed by atoms with Crippen molar-refractivity contribution in [3.63, 3.8) is 0 Å². The van der Waals surface area contributed by atoms with Crippen LogP contribution in [0.5, 0.6) is 0 Å². The number of piperazine rings is 1. The summed E-state index contributed by atoms with van der Waals surface area (Å²) in [6.45, 7) is 5.04. The molecule has 2 N–H and O–H groups in total. The SMILES string of the molecule is CCNC(=O)CN1CCN(C(=O)c2ccc(NS(=O)(=O)c3cc(Cl)ccc3Cl)cc2)CC1. The van der Waals surface area contributed by atoms with E-state index in [2.05, 4.69) is 10.0 Å². The Labute approximate surface area is 197 Å². The third kappa shape index (κ3) is 6.13. The number of carbonyl (C=O) groups excluding carboxylic acids is 2. The van der Waals surface area contributed by atoms with Crippen LogP contribution in [0.1, 0.15) is 17.3 Å². The van der Waals surface area contributed by atoms with E-state index >= 15 is 0 Å². The highest BCUT2D eigenvalue weighted by Crippen LogP contribution is 2.27. The van der Waals surface area contributed by atoms with Crippen molar-refractivity contribution < 1.29 is 18.0 Å². The lowest BCUT2D eigenvalue weighted by atomic mass is 10.1. The van der Waals surface area contributed by atoms with Gasteiger partial charge in [0.15, 0.2) is 0 Å². The smallest absolute Gasteiger partial charge is 0.263 e. The van der Waals surface area contributed by atoms with E-state index in [1.165, 1.54) is 30.3 Å². The second-order valence-corrected chi connectivity index (χ2v) is 9.77. The van der Waals surface area contributed by atoms with Gasteiger partial charge in [0, 0.05) is 49.0 Å². The molecule has 0 aromatic heterocycles. The maximum Gasteiger partial charge on any atom is 0.263 e. The Kier molecular flexibility index (Phi) is 8.00. The molecule has 0 spiro atoms. The van der Waals surface area contributed by atoms with Gasteiger partial charge in [0.2, 0.25) is 5.91 Å². The molecule has 0 radical (unpaired) electrons. The number of halogens is 2. The van der Waals surface area contributed by atoms with Gasteiger partial charge >= 0.3 is 0 Å². The summed E-state index contributed by atoms with van der Waals surface area (Å²) in [5.74, 6) is -0.167. The monoisotopic (exact) mass is 498 g/mol. The molecule has 8 nitrogen and oxygen atoms in total. The van der Waals surface area contributed by atoms with Crippen molar-refractivity contribution >= 4 is 50.7 Å². The number of hydrogen-bond acceptors (Lipinski definition) is 5. The molecule has 0 atom stereocenters. The van der Waals surface area contributed by atoms with Gasteiger partial charge in [0.05, 0.1) is 11.6 Å². The summed E-state index contributed by atoms with van der Waals surface area (Å²) in [5.41, 5.74) is 0.746. The lowest BCUT2D eigenvalue weighted by molar-refractivity contribution is -0.122. The van der Waals surface area contributed by atoms with E-state index < -0.39 is 10.0 Å². The molecule has 2 amide bonds. The fourth-order valence-corrected chi connectivity index (χ4v) is 5.14. The first-order valence-corrected chi connectivity index (χ1v) is 12.3. The predicted octanol–water partition coefficient (Wildman–Crippen LogP) is 2.69. The lowest BCUT2D eigenvalue weighted by Gasteiger charge is -2.34. The molecule has 1 aliphatic heterocycles. The first kappa shape index (κ1) is 24.3.